The van der Waals surface area contributed by atoms with Crippen molar-refractivity contribution in [3.63, 3.8) is 0 Å². The molecule has 4 nitrogen and oxygen atoms in total. The zero-order valence-corrected chi connectivity index (χ0v) is 11.1. The Kier molecular flexibility index (Phi) is 4.58. The van der Waals surface area contributed by atoms with E-state index in [-0.39, 0.29) is 24.6 Å². The number of nitrogens with one attached hydrogen (secondary N) is 2. The lowest BCUT2D eigenvalue weighted by Gasteiger charge is -2.13. The van der Waals surface area contributed by atoms with E-state index in [1.165, 1.54) is 5.56 Å². The highest BCUT2D eigenvalue weighted by molar-refractivity contribution is 5.74. The van der Waals surface area contributed by atoms with E-state index in [1.54, 1.807) is 0 Å². The van der Waals surface area contributed by atoms with Gasteiger partial charge >= 0.3 is 6.03 Å². The average Bonchev–Trinajstić information content (AvgIpc) is 2.84. The van der Waals surface area contributed by atoms with Gasteiger partial charge in [0, 0.05) is 25.1 Å². The molecule has 1 aromatic carbocycles. The molecule has 1 aromatic rings. The molecule has 0 unspecified atom stereocenters. The fraction of sp³-hybridized carbons (Fsp3) is 0.400. The van der Waals surface area contributed by atoms with Crippen LogP contribution in [0.5, 0.6) is 0 Å². The van der Waals surface area contributed by atoms with E-state index in [0.717, 1.165) is 12.0 Å². The van der Waals surface area contributed by atoms with Crippen molar-refractivity contribution in [1.82, 2.24) is 10.6 Å². The summed E-state index contributed by atoms with van der Waals surface area (Å²) in [5.74, 6) is 0.169. The van der Waals surface area contributed by atoms with Crippen LogP contribution in [0.15, 0.2) is 36.4 Å². The average molecular weight is 260 g/mol. The third kappa shape index (κ3) is 4.10. The minimum absolute atomic E-state index is 0.0228. The molecule has 1 aliphatic carbocycles. The van der Waals surface area contributed by atoms with Gasteiger partial charge in [-0.3, -0.25) is 0 Å². The quantitative estimate of drug-likeness (QED) is 0.722. The van der Waals surface area contributed by atoms with Crippen molar-refractivity contribution >= 4 is 6.03 Å². The molecule has 0 spiro atoms. The number of benzene rings is 1. The molecule has 0 heterocycles. The predicted octanol–water partition coefficient (Wildman–Crippen LogP) is 1.73. The standard InChI is InChI=1S/C15H20N2O2/c1-11-3-2-4-12(7-11)9-16-15(19)17-14-6-5-13(8-14)10-18/h2-7,13-14,18H,8-10H2,1H3,(H2,16,17,19)/t13-,14+/m0/s1. The molecule has 2 amide bonds. The van der Waals surface area contributed by atoms with Gasteiger partial charge in [0.2, 0.25) is 0 Å². The highest BCUT2D eigenvalue weighted by Gasteiger charge is 2.19. The summed E-state index contributed by atoms with van der Waals surface area (Å²) in [6, 6.07) is 7.91. The van der Waals surface area contributed by atoms with Crippen LogP contribution in [-0.2, 0) is 6.54 Å². The summed E-state index contributed by atoms with van der Waals surface area (Å²) in [6.45, 7) is 2.69. The SMILES string of the molecule is Cc1cccc(CNC(=O)N[C@@H]2C=C[C@H](CO)C2)c1. The van der Waals surface area contributed by atoms with Gasteiger partial charge < -0.3 is 15.7 Å². The van der Waals surface area contributed by atoms with Crippen molar-refractivity contribution in [2.75, 3.05) is 6.61 Å². The zero-order valence-electron chi connectivity index (χ0n) is 11.1. The smallest absolute Gasteiger partial charge is 0.315 e. The summed E-state index contributed by atoms with van der Waals surface area (Å²) < 4.78 is 0. The summed E-state index contributed by atoms with van der Waals surface area (Å²) in [4.78, 5) is 11.7. The van der Waals surface area contributed by atoms with Crippen LogP contribution in [0.2, 0.25) is 0 Å². The van der Waals surface area contributed by atoms with Crippen LogP contribution in [0, 0.1) is 12.8 Å². The van der Waals surface area contributed by atoms with E-state index >= 15 is 0 Å². The van der Waals surface area contributed by atoms with Crippen molar-refractivity contribution in [2.45, 2.75) is 25.9 Å². The van der Waals surface area contributed by atoms with Crippen LogP contribution >= 0.6 is 0 Å². The molecule has 3 N–H and O–H groups in total. The first-order chi connectivity index (χ1) is 9.17. The first-order valence-corrected chi connectivity index (χ1v) is 6.56. The molecule has 0 aromatic heterocycles. The Hall–Kier alpha value is -1.81. The number of amides is 2. The maximum atomic E-state index is 11.7. The van der Waals surface area contributed by atoms with Crippen LogP contribution < -0.4 is 10.6 Å². The highest BCUT2D eigenvalue weighted by Crippen LogP contribution is 2.16. The monoisotopic (exact) mass is 260 g/mol. The Labute approximate surface area is 113 Å². The highest BCUT2D eigenvalue weighted by atomic mass is 16.3. The normalized spacial score (nSPS) is 21.4. The Balaban J connectivity index is 1.75. The van der Waals surface area contributed by atoms with Gasteiger partial charge in [-0.15, -0.1) is 0 Å². The van der Waals surface area contributed by atoms with Gasteiger partial charge in [-0.1, -0.05) is 42.0 Å². The third-order valence-electron chi connectivity index (χ3n) is 3.26. The van der Waals surface area contributed by atoms with Crippen molar-refractivity contribution in [2.24, 2.45) is 5.92 Å². The topological polar surface area (TPSA) is 61.4 Å². The lowest BCUT2D eigenvalue weighted by molar-refractivity contribution is 0.231. The molecule has 102 valence electrons. The second-order valence-corrected chi connectivity index (χ2v) is 4.99. The molecule has 2 atom stereocenters. The maximum absolute atomic E-state index is 11.7. The summed E-state index contributed by atoms with van der Waals surface area (Å²) in [6.07, 6.45) is 4.66. The Morgan fingerprint density at radius 3 is 2.95 bits per heavy atom. The van der Waals surface area contributed by atoms with Crippen molar-refractivity contribution in [1.29, 1.82) is 0 Å². The number of aliphatic hydroxyl groups excluding tert-OH is 1. The van der Waals surface area contributed by atoms with E-state index in [0.29, 0.717) is 6.54 Å². The number of carbonyl (C=O) groups is 1. The molecule has 0 fully saturated rings. The first kappa shape index (κ1) is 13.6. The van der Waals surface area contributed by atoms with Crippen LogP contribution in [0.3, 0.4) is 0 Å². The molecule has 19 heavy (non-hydrogen) atoms. The summed E-state index contributed by atoms with van der Waals surface area (Å²) in [5.41, 5.74) is 2.27. The van der Waals surface area contributed by atoms with E-state index < -0.39 is 0 Å². The fourth-order valence-electron chi connectivity index (χ4n) is 2.24. The van der Waals surface area contributed by atoms with Crippen molar-refractivity contribution < 1.29 is 9.90 Å². The molecule has 0 saturated heterocycles. The minimum atomic E-state index is -0.172. The number of hydrogen-bond acceptors (Lipinski definition) is 2. The molecular weight excluding hydrogens is 240 g/mol. The van der Waals surface area contributed by atoms with Gasteiger partial charge in [-0.25, -0.2) is 4.79 Å². The van der Waals surface area contributed by atoms with Gasteiger partial charge in [0.05, 0.1) is 0 Å². The second-order valence-electron chi connectivity index (χ2n) is 4.99. The number of carbonyl (C=O) groups excluding carboxylic acids is 1. The maximum Gasteiger partial charge on any atom is 0.315 e. The zero-order chi connectivity index (χ0) is 13.7. The van der Waals surface area contributed by atoms with Gasteiger partial charge in [0.25, 0.3) is 0 Å². The largest absolute Gasteiger partial charge is 0.396 e. The van der Waals surface area contributed by atoms with Gasteiger partial charge in [0.15, 0.2) is 0 Å². The molecule has 0 saturated carbocycles. The minimum Gasteiger partial charge on any atom is -0.396 e. The molecule has 0 aliphatic heterocycles. The summed E-state index contributed by atoms with van der Waals surface area (Å²) in [5, 5.41) is 14.7. The van der Waals surface area contributed by atoms with Crippen LogP contribution in [0.1, 0.15) is 17.5 Å². The third-order valence-corrected chi connectivity index (χ3v) is 3.26. The molecule has 2 rings (SSSR count). The van der Waals surface area contributed by atoms with E-state index in [2.05, 4.69) is 16.7 Å². The Bertz CT molecular complexity index is 471. The lowest BCUT2D eigenvalue weighted by Crippen LogP contribution is -2.40. The molecule has 0 bridgehead atoms. The van der Waals surface area contributed by atoms with E-state index in [4.69, 9.17) is 5.11 Å². The van der Waals surface area contributed by atoms with Crippen LogP contribution in [-0.4, -0.2) is 23.8 Å². The number of aliphatic hydroxyl groups is 1. The summed E-state index contributed by atoms with van der Waals surface area (Å²) >= 11 is 0. The predicted molar refractivity (Wildman–Crippen MR) is 74.7 cm³/mol. The van der Waals surface area contributed by atoms with Crippen molar-refractivity contribution in [3.05, 3.63) is 47.5 Å². The fourth-order valence-corrected chi connectivity index (χ4v) is 2.24. The second kappa shape index (κ2) is 6.38. The van der Waals surface area contributed by atoms with E-state index in [9.17, 15) is 4.79 Å². The number of aryl methyl sites for hydroxylation is 1. The van der Waals surface area contributed by atoms with Crippen molar-refractivity contribution in [3.8, 4) is 0 Å². The summed E-state index contributed by atoms with van der Waals surface area (Å²) in [7, 11) is 0. The first-order valence-electron chi connectivity index (χ1n) is 6.56. The van der Waals surface area contributed by atoms with Crippen LogP contribution in [0.25, 0.3) is 0 Å². The molecule has 4 heteroatoms. The van der Waals surface area contributed by atoms with Crippen LogP contribution in [0.4, 0.5) is 4.79 Å². The molecule has 1 aliphatic rings. The van der Waals surface area contributed by atoms with Gasteiger partial charge in [-0.2, -0.15) is 0 Å². The Morgan fingerprint density at radius 1 is 1.42 bits per heavy atom. The molecule has 0 radical (unpaired) electrons. The number of rotatable bonds is 4. The number of hydrogen-bond donors (Lipinski definition) is 3. The van der Waals surface area contributed by atoms with Gasteiger partial charge in [-0.05, 0) is 18.9 Å². The molecular formula is C15H20N2O2. The Morgan fingerprint density at radius 2 is 2.26 bits per heavy atom. The van der Waals surface area contributed by atoms with Gasteiger partial charge in [0.1, 0.15) is 0 Å². The van der Waals surface area contributed by atoms with E-state index in [1.807, 2.05) is 37.3 Å². The number of urea groups is 1. The lowest BCUT2D eigenvalue weighted by atomic mass is 10.1.